The molecule has 9 aromatic rings. The SMILES string of the molecule is CCC.CCC.CCC.COc1cc2c(cc1N)-c1c(-c3cccs3)cc(C(=O)N3CCCC3)n1CC2.COc1cc2c(cc1NC(=O)CBr)-c1c(-c3cccs3)cc(C(=O)N3CCCC3)n1CC2.COc1cc2c(cc1NC(=O)CN1CCOCC1)-c1c(-c3cccs3)cc(C(=O)N3CCCC3)n1CC2. The highest BCUT2D eigenvalue weighted by Crippen LogP contribution is 2.49. The number of fused-ring (bicyclic) bond motifs is 9. The standard InChI is InChI=1S/C28H32N4O4S.C24H24BrN3O3S.C22H23N3O2S.3C3H8/c1-35-24-15-19-6-9-32-23(28(34)31-7-2-3-8-31)17-21(25-5-4-14-37-25)27(32)20(19)16-22(24)29-26(33)18-30-10-12-36-13-11-30;1-31-20-11-15-6-9-28-19(24(30)27-7-2-3-8-27)13-17(21-5-4-10-32-21)23(28)16(15)12-18(20)26-22(29)14-25;1-27-19-11-14-6-9-25-18(22(26)24-7-2-3-8-24)13-16(20-5-4-10-28-20)21(25)15(14)12-17(19)23;3*1-3-2/h4-5,14-17H,2-3,6-13,18H2,1H3,(H,29,33);4-5,10-13H,2-3,6-9,14H2,1H3,(H,26,29);4-5,10-13H,2-3,6-9,23H2,1H3;3*3H2,1-2H3. The van der Waals surface area contributed by atoms with Crippen molar-refractivity contribution >= 4 is 96.5 Å². The van der Waals surface area contributed by atoms with Crippen LogP contribution in [-0.4, -0.2) is 162 Å². The number of rotatable bonds is 14. The number of morpholine rings is 1. The van der Waals surface area contributed by atoms with Crippen LogP contribution in [0, 0.1) is 0 Å². The Morgan fingerprint density at radius 3 is 1.09 bits per heavy atom. The number of hydrogen-bond donors (Lipinski definition) is 3. The maximum absolute atomic E-state index is 13.5. The van der Waals surface area contributed by atoms with Gasteiger partial charge in [-0.3, -0.25) is 28.9 Å². The van der Waals surface area contributed by atoms with Gasteiger partial charge in [-0.2, -0.15) is 0 Å². The lowest BCUT2D eigenvalue weighted by Crippen LogP contribution is -2.41. The van der Waals surface area contributed by atoms with Crippen molar-refractivity contribution in [3.63, 3.8) is 0 Å². The first kappa shape index (κ1) is 78.6. The van der Waals surface area contributed by atoms with Gasteiger partial charge >= 0.3 is 0 Å². The first-order chi connectivity index (χ1) is 51.6. The molecule has 0 bridgehead atoms. The number of nitrogens with two attached hydrogens (primary N) is 1. The first-order valence-corrected chi connectivity index (χ1v) is 41.5. The zero-order chi connectivity index (χ0) is 75.0. The molecule has 5 amide bonds. The third-order valence-corrected chi connectivity index (χ3v) is 22.7. The lowest BCUT2D eigenvalue weighted by atomic mass is 9.94. The van der Waals surface area contributed by atoms with Gasteiger partial charge in [0.15, 0.2) is 0 Å². The molecule has 106 heavy (non-hydrogen) atoms. The quantitative estimate of drug-likeness (QED) is 0.0691. The van der Waals surface area contributed by atoms with E-state index in [9.17, 15) is 24.0 Å². The van der Waals surface area contributed by atoms with E-state index >= 15 is 0 Å². The Kier molecular flexibility index (Phi) is 27.7. The third kappa shape index (κ3) is 17.6. The molecule has 6 aromatic heterocycles. The van der Waals surface area contributed by atoms with Gasteiger partial charge in [0.25, 0.3) is 17.7 Å². The molecule has 3 aromatic carbocycles. The summed E-state index contributed by atoms with van der Waals surface area (Å²) in [5.41, 5.74) is 23.6. The monoisotopic (exact) mass is 1560 g/mol. The number of ether oxygens (including phenoxy) is 4. The highest BCUT2D eigenvalue weighted by Gasteiger charge is 2.35. The van der Waals surface area contributed by atoms with Crippen molar-refractivity contribution in [3.8, 4) is 82.3 Å². The number of carbonyl (C=O) groups excluding carboxylic acids is 5. The molecule has 0 radical (unpaired) electrons. The van der Waals surface area contributed by atoms with Gasteiger partial charge in [-0.05, 0) is 163 Å². The van der Waals surface area contributed by atoms with E-state index in [1.165, 1.54) is 29.7 Å². The Morgan fingerprint density at radius 2 is 0.774 bits per heavy atom. The largest absolute Gasteiger partial charge is 0.495 e. The van der Waals surface area contributed by atoms with E-state index in [1.807, 2.05) is 63.2 Å². The van der Waals surface area contributed by atoms with Gasteiger partial charge in [-0.25, -0.2) is 0 Å². The molecule has 19 nitrogen and oxygen atoms in total. The van der Waals surface area contributed by atoms with Gasteiger partial charge in [0.1, 0.15) is 34.3 Å². The van der Waals surface area contributed by atoms with Crippen LogP contribution in [0.4, 0.5) is 17.1 Å². The molecule has 0 spiro atoms. The summed E-state index contributed by atoms with van der Waals surface area (Å²) in [6.07, 6.45) is 12.6. The Morgan fingerprint density at radius 1 is 0.443 bits per heavy atom. The van der Waals surface area contributed by atoms with Crippen LogP contribution < -0.4 is 30.6 Å². The molecule has 7 aliphatic heterocycles. The number of amides is 5. The topological polar surface area (TPSA) is 200 Å². The number of halogens is 1. The molecule has 4 N–H and O–H groups in total. The van der Waals surface area contributed by atoms with Crippen LogP contribution in [0.1, 0.15) is 147 Å². The average molecular weight is 1560 g/mol. The van der Waals surface area contributed by atoms with Gasteiger partial charge < -0.3 is 63.7 Å². The van der Waals surface area contributed by atoms with Crippen molar-refractivity contribution in [2.75, 3.05) is 115 Å². The number of nitrogens with zero attached hydrogens (tertiary/aromatic N) is 7. The number of carbonyl (C=O) groups is 5. The van der Waals surface area contributed by atoms with E-state index in [1.54, 1.807) is 55.3 Å². The van der Waals surface area contributed by atoms with Crippen LogP contribution in [0.15, 0.2) is 107 Å². The van der Waals surface area contributed by atoms with Gasteiger partial charge in [-0.15, -0.1) is 34.0 Å². The number of benzene rings is 3. The Bertz CT molecular complexity index is 4470. The van der Waals surface area contributed by atoms with Crippen molar-refractivity contribution in [2.24, 2.45) is 0 Å². The minimum atomic E-state index is -0.141. The number of methoxy groups -OCH3 is 3. The van der Waals surface area contributed by atoms with Gasteiger partial charge in [0.2, 0.25) is 11.8 Å². The van der Waals surface area contributed by atoms with Gasteiger partial charge in [0, 0.05) is 120 Å². The fraction of sp³-hybridized carbons (Fsp3) is 0.434. The number of alkyl halides is 1. The summed E-state index contributed by atoms with van der Waals surface area (Å²) in [4.78, 5) is 76.7. The van der Waals surface area contributed by atoms with Gasteiger partial charge in [-0.1, -0.05) is 94.9 Å². The molecule has 7 aliphatic rings. The van der Waals surface area contributed by atoms with Crippen molar-refractivity contribution in [1.82, 2.24) is 33.3 Å². The molecule has 4 saturated heterocycles. The second-order valence-corrected chi connectivity index (χ2v) is 30.8. The van der Waals surface area contributed by atoms with Crippen molar-refractivity contribution in [1.29, 1.82) is 0 Å². The summed E-state index contributed by atoms with van der Waals surface area (Å²) in [7, 11) is 4.89. The molecule has 4 fully saturated rings. The summed E-state index contributed by atoms with van der Waals surface area (Å²) in [5, 5.41) is 12.4. The number of aromatic nitrogens is 3. The van der Waals surface area contributed by atoms with E-state index < -0.39 is 0 Å². The Hall–Kier alpha value is -8.45. The third-order valence-electron chi connectivity index (χ3n) is 19.5. The molecular weight excluding hydrogens is 1460 g/mol. The molecule has 0 atom stereocenters. The van der Waals surface area contributed by atoms with E-state index in [0.717, 1.165) is 218 Å². The lowest BCUT2D eigenvalue weighted by molar-refractivity contribution is -0.118. The molecule has 13 heterocycles. The minimum Gasteiger partial charge on any atom is -0.495 e. The predicted molar refractivity (Wildman–Crippen MR) is 436 cm³/mol. The second kappa shape index (κ2) is 37.4. The van der Waals surface area contributed by atoms with E-state index in [2.05, 4.69) is 145 Å². The smallest absolute Gasteiger partial charge is 0.270 e. The summed E-state index contributed by atoms with van der Waals surface area (Å²) < 4.78 is 28.6. The number of hydrogen-bond acceptors (Lipinski definition) is 14. The van der Waals surface area contributed by atoms with Crippen LogP contribution in [0.3, 0.4) is 0 Å². The average Bonchev–Trinajstić information content (AvgIpc) is 1.55. The number of nitrogens with one attached hydrogen (secondary N) is 2. The molecule has 16 rings (SSSR count). The fourth-order valence-electron chi connectivity index (χ4n) is 14.8. The first-order valence-electron chi connectivity index (χ1n) is 37.7. The van der Waals surface area contributed by atoms with Crippen molar-refractivity contribution < 1.29 is 42.9 Å². The summed E-state index contributed by atoms with van der Waals surface area (Å²) in [5.74, 6) is 2.15. The fourth-order valence-corrected chi connectivity index (χ4v) is 17.1. The van der Waals surface area contributed by atoms with Crippen LogP contribution in [0.5, 0.6) is 17.2 Å². The maximum atomic E-state index is 13.5. The zero-order valence-corrected chi connectivity index (χ0v) is 67.0. The number of anilines is 3. The molecule has 564 valence electrons. The molecule has 23 heteroatoms. The van der Waals surface area contributed by atoms with Crippen LogP contribution in [0.25, 0.3) is 65.1 Å². The number of aryl methyl sites for hydroxylation is 3. The highest BCUT2D eigenvalue weighted by atomic mass is 79.9. The number of nitrogen functional groups attached to an aromatic ring is 1. The molecule has 0 saturated carbocycles. The zero-order valence-electron chi connectivity index (χ0n) is 63.0. The van der Waals surface area contributed by atoms with Crippen molar-refractivity contribution in [2.45, 2.75) is 138 Å². The predicted octanol–water partition coefficient (Wildman–Crippen LogP) is 17.5. The van der Waals surface area contributed by atoms with Gasteiger partial charge in [0.05, 0.1) is 80.6 Å². The van der Waals surface area contributed by atoms with Crippen LogP contribution in [-0.2, 0) is 53.2 Å². The van der Waals surface area contributed by atoms with Crippen LogP contribution in [0.2, 0.25) is 0 Å². The minimum absolute atomic E-state index is 0.0743. The van der Waals surface area contributed by atoms with E-state index in [0.29, 0.717) is 54.1 Å². The molecular formula is C83H103BrN10O9S3. The Labute approximate surface area is 645 Å². The summed E-state index contributed by atoms with van der Waals surface area (Å²) in [6.45, 7) is 23.1. The summed E-state index contributed by atoms with van der Waals surface area (Å²) >= 11 is 8.25. The molecule has 0 unspecified atom stereocenters. The second-order valence-electron chi connectivity index (χ2n) is 27.4. The highest BCUT2D eigenvalue weighted by molar-refractivity contribution is 9.09. The number of likely N-dealkylation sites (tertiary alicyclic amines) is 3. The van der Waals surface area contributed by atoms with Crippen molar-refractivity contribution in [3.05, 3.63) is 141 Å². The summed E-state index contributed by atoms with van der Waals surface area (Å²) in [6, 6.07) is 30.8. The number of thiophene rings is 3. The normalized spacial score (nSPS) is 15.1. The van der Waals surface area contributed by atoms with Crippen LogP contribution >= 0.6 is 49.9 Å². The maximum Gasteiger partial charge on any atom is 0.270 e. The molecule has 0 aliphatic carbocycles. The Balaban J connectivity index is 0.000000151. The van der Waals surface area contributed by atoms with E-state index in [4.69, 9.17) is 24.7 Å². The van der Waals surface area contributed by atoms with E-state index in [-0.39, 0.29) is 34.9 Å². The lowest BCUT2D eigenvalue weighted by Gasteiger charge is -2.27.